The zero-order chi connectivity index (χ0) is 19.4. The highest BCUT2D eigenvalue weighted by Crippen LogP contribution is 2.31. The van der Waals surface area contributed by atoms with Gasteiger partial charge in [0.1, 0.15) is 5.56 Å². The van der Waals surface area contributed by atoms with Crippen LogP contribution >= 0.6 is 0 Å². The second kappa shape index (κ2) is 7.38. The number of hydrogen-bond acceptors (Lipinski definition) is 7. The maximum atomic E-state index is 12.0. The Labute approximate surface area is 145 Å². The molecule has 0 aliphatic heterocycles. The average Bonchev–Trinajstić information content (AvgIpc) is 3.03. The third-order valence-corrected chi connectivity index (χ3v) is 3.46. The number of anilines is 1. The highest BCUT2D eigenvalue weighted by Gasteiger charge is 2.23. The molecule has 12 nitrogen and oxygen atoms in total. The number of rotatable bonds is 7. The zero-order valence-electron chi connectivity index (χ0n) is 13.4. The van der Waals surface area contributed by atoms with E-state index in [-0.39, 0.29) is 29.9 Å². The minimum Gasteiger partial charge on any atom is -0.476 e. The quantitative estimate of drug-likeness (QED) is 0.553. The number of carbonyl (C=O) groups is 2. The van der Waals surface area contributed by atoms with Crippen molar-refractivity contribution in [2.45, 2.75) is 19.9 Å². The normalized spacial score (nSPS) is 10.3. The molecule has 1 aromatic carbocycles. The van der Waals surface area contributed by atoms with Gasteiger partial charge in [-0.1, -0.05) is 0 Å². The Bertz CT molecular complexity index is 870. The van der Waals surface area contributed by atoms with Crippen molar-refractivity contribution in [2.75, 3.05) is 5.32 Å². The fourth-order valence-electron chi connectivity index (χ4n) is 2.18. The molecule has 1 amide bonds. The Morgan fingerprint density at radius 3 is 2.27 bits per heavy atom. The number of aromatic carboxylic acids is 1. The molecular formula is C14H13N5O7. The molecule has 136 valence electrons. The summed E-state index contributed by atoms with van der Waals surface area (Å²) in [6.07, 6.45) is 1.27. The van der Waals surface area contributed by atoms with Crippen LogP contribution in [0.15, 0.2) is 24.4 Å². The molecule has 0 bridgehead atoms. The van der Waals surface area contributed by atoms with E-state index in [0.717, 1.165) is 12.1 Å². The van der Waals surface area contributed by atoms with Gasteiger partial charge in [-0.05, 0) is 13.0 Å². The molecule has 0 fully saturated rings. The topological polar surface area (TPSA) is 170 Å². The number of nitro groups is 2. The van der Waals surface area contributed by atoms with Crippen molar-refractivity contribution >= 4 is 28.9 Å². The van der Waals surface area contributed by atoms with Gasteiger partial charge in [-0.25, -0.2) is 4.79 Å². The number of hydrogen-bond donors (Lipinski definition) is 2. The Kier molecular flexibility index (Phi) is 5.25. The van der Waals surface area contributed by atoms with E-state index in [0.29, 0.717) is 0 Å². The summed E-state index contributed by atoms with van der Waals surface area (Å²) < 4.78 is 1.25. The Hall–Kier alpha value is -3.83. The maximum Gasteiger partial charge on any atom is 0.356 e. The van der Waals surface area contributed by atoms with Gasteiger partial charge in [0.25, 0.3) is 11.4 Å². The number of amides is 1. The summed E-state index contributed by atoms with van der Waals surface area (Å²) >= 11 is 0. The molecule has 1 heterocycles. The van der Waals surface area contributed by atoms with Gasteiger partial charge in [-0.15, -0.1) is 0 Å². The minimum atomic E-state index is -1.20. The van der Waals surface area contributed by atoms with Crippen LogP contribution in [-0.4, -0.2) is 36.6 Å². The first kappa shape index (κ1) is 18.5. The average molecular weight is 363 g/mol. The largest absolute Gasteiger partial charge is 0.476 e. The molecule has 0 spiro atoms. The van der Waals surface area contributed by atoms with Crippen LogP contribution in [0.3, 0.4) is 0 Å². The third-order valence-electron chi connectivity index (χ3n) is 3.46. The van der Waals surface area contributed by atoms with Gasteiger partial charge in [0, 0.05) is 31.3 Å². The summed E-state index contributed by atoms with van der Waals surface area (Å²) in [5.41, 5.74) is -1.32. The van der Waals surface area contributed by atoms with Crippen LogP contribution in [0.25, 0.3) is 0 Å². The summed E-state index contributed by atoms with van der Waals surface area (Å²) in [5, 5.41) is 36.9. The molecule has 0 unspecified atom stereocenters. The smallest absolute Gasteiger partial charge is 0.356 e. The predicted molar refractivity (Wildman–Crippen MR) is 86.9 cm³/mol. The van der Waals surface area contributed by atoms with Crippen LogP contribution in [0.1, 0.15) is 22.5 Å². The second-order valence-electron chi connectivity index (χ2n) is 5.22. The van der Waals surface area contributed by atoms with E-state index in [2.05, 4.69) is 10.4 Å². The Balaban J connectivity index is 2.11. The van der Waals surface area contributed by atoms with Crippen molar-refractivity contribution in [3.63, 3.8) is 0 Å². The lowest BCUT2D eigenvalue weighted by atomic mass is 10.1. The SMILES string of the molecule is Cc1c([N+](=O)[O-])cc(NC(=O)CCn2ccc(C(=O)O)n2)cc1[N+](=O)[O-]. The molecule has 2 rings (SSSR count). The summed E-state index contributed by atoms with van der Waals surface area (Å²) in [6, 6.07) is 3.35. The predicted octanol–water partition coefficient (Wildman–Crippen LogP) is 1.73. The zero-order valence-corrected chi connectivity index (χ0v) is 13.4. The Morgan fingerprint density at radius 1 is 1.23 bits per heavy atom. The van der Waals surface area contributed by atoms with Crippen molar-refractivity contribution in [3.8, 4) is 0 Å². The third kappa shape index (κ3) is 4.17. The van der Waals surface area contributed by atoms with Gasteiger partial charge in [0.05, 0.1) is 15.5 Å². The van der Waals surface area contributed by atoms with Crippen LogP contribution < -0.4 is 5.32 Å². The molecule has 0 aliphatic rings. The van der Waals surface area contributed by atoms with Crippen molar-refractivity contribution in [3.05, 3.63) is 55.9 Å². The number of nitro benzene ring substituents is 2. The van der Waals surface area contributed by atoms with Crippen LogP contribution in [0, 0.1) is 27.2 Å². The molecule has 0 radical (unpaired) electrons. The van der Waals surface area contributed by atoms with Crippen LogP contribution in [0.5, 0.6) is 0 Å². The van der Waals surface area contributed by atoms with Gasteiger partial charge in [0.2, 0.25) is 5.91 Å². The summed E-state index contributed by atoms with van der Waals surface area (Å²) in [6.45, 7) is 1.31. The monoisotopic (exact) mass is 363 g/mol. The van der Waals surface area contributed by atoms with E-state index in [1.807, 2.05) is 0 Å². The lowest BCUT2D eigenvalue weighted by Crippen LogP contribution is -2.15. The first-order valence-electron chi connectivity index (χ1n) is 7.19. The van der Waals surface area contributed by atoms with Crippen molar-refractivity contribution in [2.24, 2.45) is 0 Å². The maximum absolute atomic E-state index is 12.0. The van der Waals surface area contributed by atoms with E-state index in [9.17, 15) is 29.8 Å². The van der Waals surface area contributed by atoms with Gasteiger partial charge >= 0.3 is 5.97 Å². The molecule has 0 saturated heterocycles. The highest BCUT2D eigenvalue weighted by molar-refractivity contribution is 5.91. The molecule has 26 heavy (non-hydrogen) atoms. The molecule has 2 aromatic rings. The number of carbonyl (C=O) groups excluding carboxylic acids is 1. The Morgan fingerprint density at radius 2 is 1.81 bits per heavy atom. The van der Waals surface area contributed by atoms with E-state index < -0.39 is 33.1 Å². The molecular weight excluding hydrogens is 350 g/mol. The molecule has 12 heteroatoms. The van der Waals surface area contributed by atoms with E-state index in [1.165, 1.54) is 23.9 Å². The lowest BCUT2D eigenvalue weighted by molar-refractivity contribution is -0.395. The van der Waals surface area contributed by atoms with Crippen LogP contribution in [0.4, 0.5) is 17.1 Å². The number of nitrogens with zero attached hydrogens (tertiary/aromatic N) is 4. The number of aryl methyl sites for hydroxylation is 1. The van der Waals surface area contributed by atoms with Crippen molar-refractivity contribution < 1.29 is 24.5 Å². The first-order valence-corrected chi connectivity index (χ1v) is 7.19. The summed E-state index contributed by atoms with van der Waals surface area (Å²) in [4.78, 5) is 43.2. The van der Waals surface area contributed by atoms with E-state index in [4.69, 9.17) is 5.11 Å². The van der Waals surface area contributed by atoms with Crippen LogP contribution in [0.2, 0.25) is 0 Å². The lowest BCUT2D eigenvalue weighted by Gasteiger charge is -2.07. The van der Waals surface area contributed by atoms with E-state index >= 15 is 0 Å². The van der Waals surface area contributed by atoms with Crippen molar-refractivity contribution in [1.29, 1.82) is 0 Å². The summed E-state index contributed by atoms with van der Waals surface area (Å²) in [5.74, 6) is -1.77. The number of carboxylic acids is 1. The number of nitrogens with one attached hydrogen (secondary N) is 1. The van der Waals surface area contributed by atoms with Crippen molar-refractivity contribution in [1.82, 2.24) is 9.78 Å². The molecule has 0 saturated carbocycles. The number of carboxylic acid groups (broad SMARTS) is 1. The molecule has 1 aromatic heterocycles. The minimum absolute atomic E-state index is 0.0646. The fourth-order valence-corrected chi connectivity index (χ4v) is 2.18. The van der Waals surface area contributed by atoms with Gasteiger partial charge in [-0.3, -0.25) is 29.7 Å². The highest BCUT2D eigenvalue weighted by atomic mass is 16.6. The molecule has 0 aliphatic carbocycles. The van der Waals surface area contributed by atoms with E-state index in [1.54, 1.807) is 0 Å². The number of aromatic nitrogens is 2. The fraction of sp³-hybridized carbons (Fsp3) is 0.214. The second-order valence-corrected chi connectivity index (χ2v) is 5.22. The van der Waals surface area contributed by atoms with Gasteiger partial charge in [0.15, 0.2) is 5.69 Å². The first-order chi connectivity index (χ1) is 12.2. The van der Waals surface area contributed by atoms with Gasteiger partial charge in [-0.2, -0.15) is 5.10 Å². The van der Waals surface area contributed by atoms with Gasteiger partial charge < -0.3 is 10.4 Å². The molecule has 2 N–H and O–H groups in total. The molecule has 0 atom stereocenters. The van der Waals surface area contributed by atoms with Crippen LogP contribution in [-0.2, 0) is 11.3 Å². The number of benzene rings is 1. The summed E-state index contributed by atoms with van der Waals surface area (Å²) in [7, 11) is 0. The standard InChI is InChI=1S/C14H13N5O7/c1-8-11(18(23)24)6-9(7-12(8)19(25)26)15-13(20)3-5-17-4-2-10(16-17)14(21)22/h2,4,6-7H,3,5H2,1H3,(H,15,20)(H,21,22).